The van der Waals surface area contributed by atoms with Crippen molar-refractivity contribution in [2.45, 2.75) is 19.3 Å². The van der Waals surface area contributed by atoms with E-state index in [9.17, 15) is 0 Å². The normalized spacial score (nSPS) is 9.18. The molecule has 1 heterocycles. The molecule has 0 saturated heterocycles. The maximum atomic E-state index is 4.15. The molecule has 0 aliphatic heterocycles. The number of unbranched alkanes of at least 4 members (excludes halogenated alkanes) is 1. The van der Waals surface area contributed by atoms with Gasteiger partial charge in [0.1, 0.15) is 0 Å². The predicted octanol–water partition coefficient (Wildman–Crippen LogP) is 2.35. The molecular formula is C8H13NaS2. The minimum atomic E-state index is 0. The van der Waals surface area contributed by atoms with Gasteiger partial charge >= 0.3 is 29.6 Å². The first-order valence-electron chi connectivity index (χ1n) is 3.55. The van der Waals surface area contributed by atoms with Crippen LogP contribution in [-0.2, 0) is 6.42 Å². The number of rotatable bonds is 4. The monoisotopic (exact) mass is 196 g/mol. The van der Waals surface area contributed by atoms with E-state index in [2.05, 4.69) is 29.5 Å². The van der Waals surface area contributed by atoms with Crippen molar-refractivity contribution >= 4 is 53.5 Å². The summed E-state index contributed by atoms with van der Waals surface area (Å²) in [6, 6.07) is 2.20. The van der Waals surface area contributed by atoms with E-state index >= 15 is 0 Å². The van der Waals surface area contributed by atoms with Crippen LogP contribution in [0.3, 0.4) is 0 Å². The molecule has 1 aromatic rings. The SMILES string of the molecule is SCCCCc1ccsc1.[NaH]. The van der Waals surface area contributed by atoms with Gasteiger partial charge in [-0.2, -0.15) is 24.0 Å². The van der Waals surface area contributed by atoms with Gasteiger partial charge in [-0.15, -0.1) is 0 Å². The molecule has 3 heteroatoms. The van der Waals surface area contributed by atoms with Crippen molar-refractivity contribution < 1.29 is 0 Å². The average Bonchev–Trinajstić information content (AvgIpc) is 2.41. The Labute approximate surface area is 100 Å². The summed E-state index contributed by atoms with van der Waals surface area (Å²) in [4.78, 5) is 0. The van der Waals surface area contributed by atoms with Crippen LogP contribution in [0.5, 0.6) is 0 Å². The second-order valence-corrected chi connectivity index (χ2v) is 3.54. The summed E-state index contributed by atoms with van der Waals surface area (Å²) in [5.74, 6) is 1.02. The van der Waals surface area contributed by atoms with Gasteiger partial charge in [0.2, 0.25) is 0 Å². The van der Waals surface area contributed by atoms with Crippen LogP contribution in [0, 0.1) is 0 Å². The van der Waals surface area contributed by atoms with Crippen LogP contribution in [0.4, 0.5) is 0 Å². The van der Waals surface area contributed by atoms with Gasteiger partial charge in [-0.1, -0.05) is 0 Å². The van der Waals surface area contributed by atoms with Crippen molar-refractivity contribution in [1.29, 1.82) is 0 Å². The van der Waals surface area contributed by atoms with E-state index in [0.717, 1.165) is 5.75 Å². The molecule has 11 heavy (non-hydrogen) atoms. The molecule has 0 N–H and O–H groups in total. The van der Waals surface area contributed by atoms with Crippen molar-refractivity contribution in [1.82, 2.24) is 0 Å². The fraction of sp³-hybridized carbons (Fsp3) is 0.500. The third kappa shape index (κ3) is 5.31. The summed E-state index contributed by atoms with van der Waals surface area (Å²) >= 11 is 5.93. The molecule has 1 aromatic heterocycles. The summed E-state index contributed by atoms with van der Waals surface area (Å²) in [6.07, 6.45) is 3.74. The Morgan fingerprint density at radius 3 is 2.73 bits per heavy atom. The van der Waals surface area contributed by atoms with Gasteiger partial charge in [-0.05, 0) is 47.4 Å². The second kappa shape index (κ2) is 7.69. The second-order valence-electron chi connectivity index (χ2n) is 2.31. The van der Waals surface area contributed by atoms with Gasteiger partial charge in [0, 0.05) is 0 Å². The van der Waals surface area contributed by atoms with E-state index < -0.39 is 0 Å². The zero-order chi connectivity index (χ0) is 7.23. The van der Waals surface area contributed by atoms with Gasteiger partial charge in [0.25, 0.3) is 0 Å². The van der Waals surface area contributed by atoms with E-state index in [-0.39, 0.29) is 29.6 Å². The van der Waals surface area contributed by atoms with Crippen LogP contribution in [0.1, 0.15) is 18.4 Å². The van der Waals surface area contributed by atoms with Crippen LogP contribution >= 0.6 is 24.0 Å². The molecule has 0 radical (unpaired) electrons. The number of aryl methyl sites for hydroxylation is 1. The summed E-state index contributed by atoms with van der Waals surface area (Å²) in [5, 5.41) is 4.36. The predicted molar refractivity (Wildman–Crippen MR) is 58.3 cm³/mol. The first-order chi connectivity index (χ1) is 4.93. The first-order valence-corrected chi connectivity index (χ1v) is 5.13. The Morgan fingerprint density at radius 2 is 2.18 bits per heavy atom. The molecule has 0 atom stereocenters. The fourth-order valence-corrected chi connectivity index (χ4v) is 1.80. The standard InChI is InChI=1S/C8H12S2.Na.H/c9-5-2-1-3-8-4-6-10-7-8;;/h4,6-7,9H,1-3,5H2;;. The number of thiophene rings is 1. The Hall–Kier alpha value is 1.05. The molecule has 0 spiro atoms. The van der Waals surface area contributed by atoms with Crippen LogP contribution in [0.15, 0.2) is 16.8 Å². The van der Waals surface area contributed by atoms with Crippen molar-refractivity contribution in [3.05, 3.63) is 22.4 Å². The van der Waals surface area contributed by atoms with Gasteiger partial charge in [-0.25, -0.2) is 0 Å². The van der Waals surface area contributed by atoms with E-state index in [1.807, 2.05) is 0 Å². The van der Waals surface area contributed by atoms with E-state index in [4.69, 9.17) is 0 Å². The molecule has 0 nitrogen and oxygen atoms in total. The van der Waals surface area contributed by atoms with Crippen molar-refractivity contribution in [3.63, 3.8) is 0 Å². The zero-order valence-corrected chi connectivity index (χ0v) is 7.63. The van der Waals surface area contributed by atoms with Crippen molar-refractivity contribution in [3.8, 4) is 0 Å². The fourth-order valence-electron chi connectivity index (χ4n) is 0.876. The number of hydrogen-bond acceptors (Lipinski definition) is 2. The zero-order valence-electron chi connectivity index (χ0n) is 5.92. The molecule has 0 unspecified atom stereocenters. The van der Waals surface area contributed by atoms with Crippen molar-refractivity contribution in [2.24, 2.45) is 0 Å². The van der Waals surface area contributed by atoms with E-state index in [1.165, 1.54) is 24.8 Å². The summed E-state index contributed by atoms with van der Waals surface area (Å²) in [6.45, 7) is 0. The molecule has 0 aliphatic carbocycles. The molecule has 0 amide bonds. The van der Waals surface area contributed by atoms with E-state index in [1.54, 1.807) is 11.3 Å². The van der Waals surface area contributed by atoms with Crippen LogP contribution in [0.2, 0.25) is 0 Å². The van der Waals surface area contributed by atoms with Gasteiger partial charge < -0.3 is 0 Å². The molecule has 0 aliphatic rings. The van der Waals surface area contributed by atoms with Crippen molar-refractivity contribution in [2.75, 3.05) is 5.75 Å². The topological polar surface area (TPSA) is 0 Å². The summed E-state index contributed by atoms with van der Waals surface area (Å²) in [5.41, 5.74) is 1.48. The van der Waals surface area contributed by atoms with Crippen LogP contribution in [0.25, 0.3) is 0 Å². The van der Waals surface area contributed by atoms with Crippen LogP contribution < -0.4 is 0 Å². The minimum absolute atomic E-state index is 0. The maximum absolute atomic E-state index is 4.15. The number of hydrogen-bond donors (Lipinski definition) is 1. The quantitative estimate of drug-likeness (QED) is 0.426. The van der Waals surface area contributed by atoms with Gasteiger partial charge in [0.15, 0.2) is 0 Å². The molecule has 0 bridgehead atoms. The molecule has 1 rings (SSSR count). The molecular weight excluding hydrogens is 183 g/mol. The molecule has 0 aromatic carbocycles. The average molecular weight is 196 g/mol. The van der Waals surface area contributed by atoms with Gasteiger partial charge in [-0.3, -0.25) is 0 Å². The third-order valence-electron chi connectivity index (χ3n) is 1.45. The van der Waals surface area contributed by atoms with Gasteiger partial charge in [0.05, 0.1) is 0 Å². The molecule has 58 valence electrons. The number of thiol groups is 1. The third-order valence-corrected chi connectivity index (χ3v) is 2.50. The Kier molecular flexibility index (Phi) is 8.42. The van der Waals surface area contributed by atoms with Crippen LogP contribution in [-0.4, -0.2) is 35.3 Å². The molecule has 0 saturated carbocycles. The first kappa shape index (κ1) is 12.0. The summed E-state index contributed by atoms with van der Waals surface area (Å²) in [7, 11) is 0. The Morgan fingerprint density at radius 1 is 1.36 bits per heavy atom. The Balaban J connectivity index is 0.000001000. The Bertz CT molecular complexity index is 161. The molecule has 0 fully saturated rings. The summed E-state index contributed by atoms with van der Waals surface area (Å²) < 4.78 is 0. The van der Waals surface area contributed by atoms with E-state index in [0.29, 0.717) is 0 Å².